The summed E-state index contributed by atoms with van der Waals surface area (Å²) in [7, 11) is -0.886. The van der Waals surface area contributed by atoms with E-state index in [4.69, 9.17) is 21.1 Å². The second kappa shape index (κ2) is 21.2. The van der Waals surface area contributed by atoms with E-state index in [1.807, 2.05) is 0 Å². The van der Waals surface area contributed by atoms with Crippen LogP contribution in [0.2, 0.25) is 5.02 Å². The summed E-state index contributed by atoms with van der Waals surface area (Å²) in [6.45, 7) is 5.71. The average molecular weight is 701 g/mol. The van der Waals surface area contributed by atoms with E-state index in [0.29, 0.717) is 19.5 Å². The standard InChI is InChI=1S/C28H48NO2Se.C6H5ClO3S/c1-5-6-7-8-9-10-11-12-13-14-15-16-17-18-19-20-21-29-24(2)32-28-23-27(31-4)26(30-3)22-25(28)29;7-5-1-3-6(4-2-5)11(8,9)10/h22-23H,5-21H2,1-4H3;1-4H,(H,8,9,10)/q+1;/p-1. The van der Waals surface area contributed by atoms with Gasteiger partial charge in [-0.3, -0.25) is 0 Å². The second-order valence-electron chi connectivity index (χ2n) is 11.2. The molecule has 6 nitrogen and oxygen atoms in total. The van der Waals surface area contributed by atoms with Gasteiger partial charge in [0.15, 0.2) is 0 Å². The Morgan fingerprint density at radius 3 is 1.63 bits per heavy atom. The van der Waals surface area contributed by atoms with Crippen LogP contribution < -0.4 is 14.0 Å². The molecule has 1 heterocycles. The van der Waals surface area contributed by atoms with Gasteiger partial charge in [-0.05, 0) is 24.3 Å². The van der Waals surface area contributed by atoms with Crippen LogP contribution in [0.15, 0.2) is 41.3 Å². The molecule has 0 N–H and O–H groups in total. The minimum Gasteiger partial charge on any atom is -0.744 e. The Balaban J connectivity index is 0.000000490. The molecule has 0 spiro atoms. The number of hydrogen-bond donors (Lipinski definition) is 0. The summed E-state index contributed by atoms with van der Waals surface area (Å²) in [4.78, 5) is -0.262. The summed E-state index contributed by atoms with van der Waals surface area (Å²) >= 11 is 5.87. The van der Waals surface area contributed by atoms with E-state index in [1.54, 1.807) is 14.2 Å². The number of benzene rings is 2. The molecule has 1 aromatic heterocycles. The molecular weight excluding hydrogens is 649 g/mol. The molecule has 0 atom stereocenters. The summed E-state index contributed by atoms with van der Waals surface area (Å²) in [5.41, 5.74) is 1.33. The van der Waals surface area contributed by atoms with Crippen LogP contribution in [0.5, 0.6) is 11.5 Å². The number of nitrogens with zero attached hydrogens (tertiary/aromatic N) is 1. The molecule has 3 aromatic rings. The number of ether oxygens (including phenoxy) is 2. The zero-order valence-electron chi connectivity index (χ0n) is 26.7. The Labute approximate surface area is 271 Å². The summed E-state index contributed by atoms with van der Waals surface area (Å²) in [5, 5.41) is 0.400. The first kappa shape index (κ1) is 37.6. The Morgan fingerprint density at radius 2 is 1.19 bits per heavy atom. The summed E-state index contributed by atoms with van der Waals surface area (Å²) in [6, 6.07) is 9.39. The van der Waals surface area contributed by atoms with Crippen LogP contribution in [0.3, 0.4) is 0 Å². The molecule has 0 aliphatic carbocycles. The molecule has 0 aliphatic rings. The average Bonchev–Trinajstić information content (AvgIpc) is 3.29. The second-order valence-corrected chi connectivity index (χ2v) is 15.6. The molecule has 0 saturated carbocycles. The topological polar surface area (TPSA) is 79.5 Å². The Bertz CT molecular complexity index is 1290. The van der Waals surface area contributed by atoms with Crippen LogP contribution in [0.4, 0.5) is 0 Å². The minimum atomic E-state index is -4.33. The maximum Gasteiger partial charge on any atom is 0.124 e. The van der Waals surface area contributed by atoms with E-state index in [0.717, 1.165) is 18.0 Å². The van der Waals surface area contributed by atoms with Crippen molar-refractivity contribution in [3.05, 3.63) is 46.0 Å². The number of rotatable bonds is 20. The van der Waals surface area contributed by atoms with Crippen LogP contribution >= 0.6 is 11.6 Å². The van der Waals surface area contributed by atoms with Crippen LogP contribution in [0.25, 0.3) is 9.78 Å². The molecule has 0 saturated heterocycles. The van der Waals surface area contributed by atoms with Gasteiger partial charge in [-0.2, -0.15) is 0 Å². The Kier molecular flexibility index (Phi) is 18.6. The van der Waals surface area contributed by atoms with Crippen molar-refractivity contribution in [2.75, 3.05) is 14.2 Å². The van der Waals surface area contributed by atoms with Crippen molar-refractivity contribution in [1.29, 1.82) is 0 Å². The number of aryl methyl sites for hydroxylation is 2. The number of aromatic nitrogens is 1. The molecule has 43 heavy (non-hydrogen) atoms. The van der Waals surface area contributed by atoms with Gasteiger partial charge in [0.05, 0.1) is 4.90 Å². The molecule has 2 aromatic carbocycles. The molecule has 0 aliphatic heterocycles. The van der Waals surface area contributed by atoms with Gasteiger partial charge < -0.3 is 4.55 Å². The molecule has 0 unspecified atom stereocenters. The molecule has 242 valence electrons. The third-order valence-corrected chi connectivity index (χ3v) is 11.1. The van der Waals surface area contributed by atoms with Crippen LogP contribution in [-0.4, -0.2) is 41.7 Å². The van der Waals surface area contributed by atoms with E-state index in [-0.39, 0.29) is 4.90 Å². The van der Waals surface area contributed by atoms with Gasteiger partial charge >= 0.3 is 152 Å². The van der Waals surface area contributed by atoms with Gasteiger partial charge in [-0.15, -0.1) is 0 Å². The molecule has 0 bridgehead atoms. The molecule has 3 rings (SSSR count). The zero-order chi connectivity index (χ0) is 31.5. The van der Waals surface area contributed by atoms with Gasteiger partial charge in [0.25, 0.3) is 0 Å². The first-order valence-electron chi connectivity index (χ1n) is 16.0. The van der Waals surface area contributed by atoms with Crippen molar-refractivity contribution >= 4 is 46.0 Å². The third kappa shape index (κ3) is 14.4. The fourth-order valence-corrected chi connectivity index (χ4v) is 8.04. The van der Waals surface area contributed by atoms with Crippen molar-refractivity contribution in [2.45, 2.75) is 128 Å². The van der Waals surface area contributed by atoms with Crippen molar-refractivity contribution in [2.24, 2.45) is 0 Å². The summed E-state index contributed by atoms with van der Waals surface area (Å²) < 4.78 is 47.5. The number of methoxy groups -OCH3 is 2. The largest absolute Gasteiger partial charge is 0.744 e. The third-order valence-electron chi connectivity index (χ3n) is 7.73. The number of unbranched alkanes of at least 4 members (excludes halogenated alkanes) is 15. The first-order chi connectivity index (χ1) is 20.7. The predicted octanol–water partition coefficient (Wildman–Crippen LogP) is 9.02. The van der Waals surface area contributed by atoms with Crippen molar-refractivity contribution in [1.82, 2.24) is 0 Å². The summed E-state index contributed by atoms with van der Waals surface area (Å²) in [6.07, 6.45) is 22.7. The minimum absolute atomic E-state index is 0.262. The monoisotopic (exact) mass is 701 g/mol. The number of halogens is 1. The Morgan fingerprint density at radius 1 is 0.744 bits per heavy atom. The van der Waals surface area contributed by atoms with E-state index in [9.17, 15) is 13.0 Å². The Hall–Kier alpha value is -1.57. The van der Waals surface area contributed by atoms with E-state index in [1.165, 1.54) is 141 Å². The number of fused-ring (bicyclic) bond motifs is 1. The van der Waals surface area contributed by atoms with Crippen molar-refractivity contribution < 1.29 is 27.0 Å². The van der Waals surface area contributed by atoms with Crippen LogP contribution in [-0.2, 0) is 16.7 Å². The predicted molar refractivity (Wildman–Crippen MR) is 178 cm³/mol. The van der Waals surface area contributed by atoms with Gasteiger partial charge in [0.1, 0.15) is 10.1 Å². The normalized spacial score (nSPS) is 11.4. The SMILES string of the molecule is CCCCCCCCCCCCCCCCCC[n+]1c(C)[se]c2cc(OC)c(OC)cc21.O=S(=O)([O-])c1ccc(Cl)cc1. The molecule has 0 amide bonds. The van der Waals surface area contributed by atoms with E-state index in [2.05, 4.69) is 30.5 Å². The van der Waals surface area contributed by atoms with Gasteiger partial charge in [-0.25, -0.2) is 8.42 Å². The van der Waals surface area contributed by atoms with Gasteiger partial charge in [0.2, 0.25) is 0 Å². The van der Waals surface area contributed by atoms with Crippen molar-refractivity contribution in [3.63, 3.8) is 0 Å². The van der Waals surface area contributed by atoms with Crippen molar-refractivity contribution in [3.8, 4) is 11.5 Å². The van der Waals surface area contributed by atoms with Crippen LogP contribution in [0, 0.1) is 6.92 Å². The fraction of sp³-hybridized carbons (Fsp3) is 0.618. The molecular formula is C34H52ClNO5SSe. The van der Waals surface area contributed by atoms with E-state index < -0.39 is 10.1 Å². The summed E-state index contributed by atoms with van der Waals surface area (Å²) in [5.74, 6) is 1.69. The first-order valence-corrected chi connectivity index (χ1v) is 19.5. The smallest absolute Gasteiger partial charge is 0.124 e. The number of hydrogen-bond acceptors (Lipinski definition) is 5. The van der Waals surface area contributed by atoms with Crippen LogP contribution in [0.1, 0.15) is 114 Å². The maximum absolute atomic E-state index is 10.3. The fourth-order valence-electron chi connectivity index (χ4n) is 5.22. The molecule has 0 radical (unpaired) electrons. The zero-order valence-corrected chi connectivity index (χ0v) is 30.0. The maximum atomic E-state index is 10.3. The van der Waals surface area contributed by atoms with E-state index >= 15 is 0 Å². The van der Waals surface area contributed by atoms with Gasteiger partial charge in [-0.1, -0.05) is 63.5 Å². The molecule has 0 fully saturated rings. The van der Waals surface area contributed by atoms with Gasteiger partial charge in [0, 0.05) is 5.02 Å². The molecule has 9 heteroatoms. The quantitative estimate of drug-likeness (QED) is 0.0509.